The van der Waals surface area contributed by atoms with Crippen LogP contribution in [0.15, 0.2) is 47.1 Å². The summed E-state index contributed by atoms with van der Waals surface area (Å²) >= 11 is 3.25. The molecule has 0 amide bonds. The average molecular weight is 337 g/mol. The molecule has 1 unspecified atom stereocenters. The van der Waals surface area contributed by atoms with Gasteiger partial charge in [-0.25, -0.2) is 4.39 Å². The number of aromatic nitrogens is 1. The Morgan fingerprint density at radius 1 is 1.30 bits per heavy atom. The fraction of sp³-hybridized carbons (Fsp3) is 0.312. The van der Waals surface area contributed by atoms with Crippen molar-refractivity contribution >= 4 is 15.9 Å². The molecule has 1 aromatic heterocycles. The summed E-state index contributed by atoms with van der Waals surface area (Å²) in [7, 11) is 0. The lowest BCUT2D eigenvalue weighted by Crippen LogP contribution is -2.24. The van der Waals surface area contributed by atoms with Crippen LogP contribution < -0.4 is 5.32 Å². The van der Waals surface area contributed by atoms with Gasteiger partial charge in [-0.1, -0.05) is 19.1 Å². The maximum absolute atomic E-state index is 13.4. The Morgan fingerprint density at radius 3 is 2.80 bits per heavy atom. The van der Waals surface area contributed by atoms with E-state index < -0.39 is 0 Å². The summed E-state index contributed by atoms with van der Waals surface area (Å²) < 4.78 is 13.9. The molecule has 4 heteroatoms. The van der Waals surface area contributed by atoms with Gasteiger partial charge in [-0.2, -0.15) is 0 Å². The number of halogens is 2. The van der Waals surface area contributed by atoms with Crippen LogP contribution in [0, 0.1) is 5.82 Å². The van der Waals surface area contributed by atoms with E-state index in [-0.39, 0.29) is 11.9 Å². The third-order valence-electron chi connectivity index (χ3n) is 3.13. The molecular weight excluding hydrogens is 319 g/mol. The van der Waals surface area contributed by atoms with Crippen LogP contribution >= 0.6 is 15.9 Å². The number of rotatable bonds is 6. The van der Waals surface area contributed by atoms with Crippen molar-refractivity contribution in [2.75, 3.05) is 6.54 Å². The molecule has 1 atom stereocenters. The van der Waals surface area contributed by atoms with Crippen LogP contribution in [0.4, 0.5) is 4.39 Å². The van der Waals surface area contributed by atoms with Crippen LogP contribution in [-0.2, 0) is 6.42 Å². The number of hydrogen-bond donors (Lipinski definition) is 1. The van der Waals surface area contributed by atoms with E-state index in [1.807, 2.05) is 30.3 Å². The number of benzene rings is 1. The lowest BCUT2D eigenvalue weighted by Gasteiger charge is -2.19. The average Bonchev–Trinajstić information content (AvgIpc) is 2.47. The maximum atomic E-state index is 13.4. The van der Waals surface area contributed by atoms with E-state index in [1.165, 1.54) is 6.07 Å². The Labute approximate surface area is 127 Å². The molecular formula is C16H18BrFN2. The van der Waals surface area contributed by atoms with E-state index in [4.69, 9.17) is 0 Å². The molecule has 0 saturated heterocycles. The first-order valence-corrected chi connectivity index (χ1v) is 7.58. The molecule has 0 aliphatic rings. The van der Waals surface area contributed by atoms with Gasteiger partial charge in [-0.15, -0.1) is 0 Å². The Hall–Kier alpha value is -1.26. The van der Waals surface area contributed by atoms with Gasteiger partial charge in [-0.05, 0) is 58.7 Å². The number of pyridine rings is 1. The van der Waals surface area contributed by atoms with E-state index >= 15 is 0 Å². The second-order valence-corrected chi connectivity index (χ2v) is 5.56. The quantitative estimate of drug-likeness (QED) is 0.852. The number of hydrogen-bond acceptors (Lipinski definition) is 2. The lowest BCUT2D eigenvalue weighted by molar-refractivity contribution is 0.522. The largest absolute Gasteiger partial charge is 0.310 e. The van der Waals surface area contributed by atoms with E-state index in [9.17, 15) is 4.39 Å². The Balaban J connectivity index is 2.20. The minimum absolute atomic E-state index is 0.141. The number of nitrogens with one attached hydrogen (secondary N) is 1. The zero-order chi connectivity index (χ0) is 14.4. The second kappa shape index (κ2) is 7.50. The van der Waals surface area contributed by atoms with E-state index in [0.29, 0.717) is 4.47 Å². The molecule has 20 heavy (non-hydrogen) atoms. The van der Waals surface area contributed by atoms with Crippen LogP contribution in [0.2, 0.25) is 0 Å². The first-order chi connectivity index (χ1) is 9.70. The van der Waals surface area contributed by atoms with Gasteiger partial charge >= 0.3 is 0 Å². The summed E-state index contributed by atoms with van der Waals surface area (Å²) in [6, 6.07) is 11.2. The van der Waals surface area contributed by atoms with Crippen molar-refractivity contribution < 1.29 is 4.39 Å². The van der Waals surface area contributed by atoms with Crippen molar-refractivity contribution in [2.45, 2.75) is 25.8 Å². The van der Waals surface area contributed by atoms with Crippen LogP contribution in [-0.4, -0.2) is 11.5 Å². The van der Waals surface area contributed by atoms with E-state index in [2.05, 4.69) is 33.2 Å². The zero-order valence-corrected chi connectivity index (χ0v) is 13.0. The fourth-order valence-corrected chi connectivity index (χ4v) is 2.48. The van der Waals surface area contributed by atoms with Gasteiger partial charge in [0.2, 0.25) is 0 Å². The summed E-state index contributed by atoms with van der Waals surface area (Å²) in [6.07, 6.45) is 3.65. The first-order valence-electron chi connectivity index (χ1n) is 6.79. The van der Waals surface area contributed by atoms with Crippen molar-refractivity contribution in [1.29, 1.82) is 0 Å². The smallest absolute Gasteiger partial charge is 0.137 e. The van der Waals surface area contributed by atoms with Crippen molar-refractivity contribution in [3.63, 3.8) is 0 Å². The van der Waals surface area contributed by atoms with Gasteiger partial charge in [0.25, 0.3) is 0 Å². The summed E-state index contributed by atoms with van der Waals surface area (Å²) in [6.45, 7) is 3.05. The first kappa shape index (κ1) is 15.1. The molecule has 2 aromatic rings. The van der Waals surface area contributed by atoms with Gasteiger partial charge in [0, 0.05) is 24.4 Å². The SMILES string of the molecule is CCCNC(Cc1ccccn1)c1ccc(F)c(Br)c1. The van der Waals surface area contributed by atoms with Crippen molar-refractivity contribution in [1.82, 2.24) is 10.3 Å². The van der Waals surface area contributed by atoms with Crippen molar-refractivity contribution in [3.05, 3.63) is 64.1 Å². The molecule has 1 N–H and O–H groups in total. The highest BCUT2D eigenvalue weighted by Gasteiger charge is 2.13. The van der Waals surface area contributed by atoms with Crippen molar-refractivity contribution in [3.8, 4) is 0 Å². The highest BCUT2D eigenvalue weighted by Crippen LogP contribution is 2.23. The highest BCUT2D eigenvalue weighted by molar-refractivity contribution is 9.10. The fourth-order valence-electron chi connectivity index (χ4n) is 2.08. The Kier molecular flexibility index (Phi) is 5.68. The molecule has 0 spiro atoms. The molecule has 0 radical (unpaired) electrons. The molecule has 1 heterocycles. The summed E-state index contributed by atoms with van der Waals surface area (Å²) in [5.41, 5.74) is 2.10. The van der Waals surface area contributed by atoms with Gasteiger partial charge in [0.15, 0.2) is 0 Å². The molecule has 0 bridgehead atoms. The molecule has 2 rings (SSSR count). The monoisotopic (exact) mass is 336 g/mol. The van der Waals surface area contributed by atoms with Crippen LogP contribution in [0.5, 0.6) is 0 Å². The zero-order valence-electron chi connectivity index (χ0n) is 11.4. The second-order valence-electron chi connectivity index (χ2n) is 4.71. The van der Waals surface area contributed by atoms with E-state index in [0.717, 1.165) is 30.6 Å². The molecule has 1 aromatic carbocycles. The third kappa shape index (κ3) is 4.12. The summed E-state index contributed by atoms with van der Waals surface area (Å²) in [5.74, 6) is -0.235. The van der Waals surface area contributed by atoms with Gasteiger partial charge < -0.3 is 5.32 Å². The maximum Gasteiger partial charge on any atom is 0.137 e. The topological polar surface area (TPSA) is 24.9 Å². The van der Waals surface area contributed by atoms with Crippen molar-refractivity contribution in [2.24, 2.45) is 0 Å². The van der Waals surface area contributed by atoms with Gasteiger partial charge in [0.05, 0.1) is 4.47 Å². The predicted molar refractivity (Wildman–Crippen MR) is 83.1 cm³/mol. The molecule has 2 nitrogen and oxygen atoms in total. The Morgan fingerprint density at radius 2 is 2.15 bits per heavy atom. The third-order valence-corrected chi connectivity index (χ3v) is 3.73. The standard InChI is InChI=1S/C16H18BrFN2/c1-2-8-20-16(11-13-5-3-4-9-19-13)12-6-7-15(18)14(17)10-12/h3-7,9-10,16,20H,2,8,11H2,1H3. The molecule has 0 aliphatic carbocycles. The summed E-state index contributed by atoms with van der Waals surface area (Å²) in [5, 5.41) is 3.50. The predicted octanol–water partition coefficient (Wildman–Crippen LogP) is 4.27. The normalized spacial score (nSPS) is 12.3. The highest BCUT2D eigenvalue weighted by atomic mass is 79.9. The van der Waals surface area contributed by atoms with Gasteiger partial charge in [-0.3, -0.25) is 4.98 Å². The van der Waals surface area contributed by atoms with E-state index in [1.54, 1.807) is 6.20 Å². The minimum atomic E-state index is -0.235. The molecule has 0 fully saturated rings. The van der Waals surface area contributed by atoms with Crippen LogP contribution in [0.1, 0.15) is 30.6 Å². The van der Waals surface area contributed by atoms with Crippen LogP contribution in [0.25, 0.3) is 0 Å². The Bertz CT molecular complexity index is 545. The van der Waals surface area contributed by atoms with Gasteiger partial charge in [0.1, 0.15) is 5.82 Å². The minimum Gasteiger partial charge on any atom is -0.310 e. The summed E-state index contributed by atoms with van der Waals surface area (Å²) in [4.78, 5) is 4.37. The lowest BCUT2D eigenvalue weighted by atomic mass is 10.0. The van der Waals surface area contributed by atoms with Crippen LogP contribution in [0.3, 0.4) is 0 Å². The molecule has 0 saturated carbocycles. The number of nitrogens with zero attached hydrogens (tertiary/aromatic N) is 1. The molecule has 0 aliphatic heterocycles. The molecule has 106 valence electrons.